The van der Waals surface area contributed by atoms with Crippen LogP contribution in [0.3, 0.4) is 0 Å². The van der Waals surface area contributed by atoms with Gasteiger partial charge in [-0.05, 0) is 25.7 Å². The molecule has 21 heavy (non-hydrogen) atoms. The molecule has 1 heterocycles. The lowest BCUT2D eigenvalue weighted by Gasteiger charge is -2.34. The van der Waals surface area contributed by atoms with Gasteiger partial charge in [-0.2, -0.15) is 0 Å². The molecule has 0 spiro atoms. The van der Waals surface area contributed by atoms with E-state index in [4.69, 9.17) is 4.74 Å². The molecular formula is C15H25N3O2S. The van der Waals surface area contributed by atoms with Crippen LogP contribution in [-0.4, -0.2) is 36.1 Å². The van der Waals surface area contributed by atoms with Gasteiger partial charge in [0.05, 0.1) is 12.3 Å². The first-order chi connectivity index (χ1) is 10.1. The van der Waals surface area contributed by atoms with Crippen LogP contribution in [0.2, 0.25) is 0 Å². The van der Waals surface area contributed by atoms with E-state index in [2.05, 4.69) is 17.2 Å². The highest BCUT2D eigenvalue weighted by Crippen LogP contribution is 2.28. The van der Waals surface area contributed by atoms with Gasteiger partial charge in [-0.3, -0.25) is 5.32 Å². The minimum absolute atomic E-state index is 0.0774. The number of urea groups is 1. The first kappa shape index (κ1) is 16.2. The third kappa shape index (κ3) is 4.41. The molecule has 1 aromatic rings. The first-order valence-electron chi connectivity index (χ1n) is 7.59. The van der Waals surface area contributed by atoms with Gasteiger partial charge in [0.1, 0.15) is 0 Å². The number of hydrogen-bond donors (Lipinski definition) is 1. The highest BCUT2D eigenvalue weighted by Gasteiger charge is 2.26. The van der Waals surface area contributed by atoms with Crippen molar-refractivity contribution >= 4 is 22.5 Å². The number of carbonyl (C=O) groups excluding carboxylic acids is 1. The van der Waals surface area contributed by atoms with Crippen molar-refractivity contribution in [1.82, 2.24) is 9.88 Å². The number of methoxy groups -OCH3 is 1. The Balaban J connectivity index is 1.88. The summed E-state index contributed by atoms with van der Waals surface area (Å²) in [6, 6.07) is 0.190. The van der Waals surface area contributed by atoms with Gasteiger partial charge in [-0.1, -0.05) is 19.3 Å². The fraction of sp³-hybridized carbons (Fsp3) is 0.733. The van der Waals surface area contributed by atoms with Crippen LogP contribution in [0.4, 0.5) is 9.93 Å². The minimum Gasteiger partial charge on any atom is -0.378 e. The zero-order chi connectivity index (χ0) is 15.2. The number of carbonyl (C=O) groups is 1. The maximum Gasteiger partial charge on any atom is 0.323 e. The van der Waals surface area contributed by atoms with E-state index in [1.807, 2.05) is 17.3 Å². The molecule has 1 aromatic heterocycles. The summed E-state index contributed by atoms with van der Waals surface area (Å²) in [5.74, 6) is 0.620. The summed E-state index contributed by atoms with van der Waals surface area (Å²) in [6.45, 7) is 2.62. The molecule has 0 radical (unpaired) electrons. The second-order valence-corrected chi connectivity index (χ2v) is 6.61. The molecule has 0 saturated heterocycles. The van der Waals surface area contributed by atoms with E-state index < -0.39 is 0 Å². The van der Waals surface area contributed by atoms with Crippen LogP contribution in [0.25, 0.3) is 0 Å². The summed E-state index contributed by atoms with van der Waals surface area (Å²) in [7, 11) is 3.51. The fourth-order valence-electron chi connectivity index (χ4n) is 2.88. The molecule has 0 bridgehead atoms. The zero-order valence-electron chi connectivity index (χ0n) is 13.1. The Hall–Kier alpha value is -1.14. The molecule has 0 aromatic carbocycles. The molecule has 1 N–H and O–H groups in total. The van der Waals surface area contributed by atoms with Crippen molar-refractivity contribution in [2.45, 2.75) is 51.7 Å². The number of nitrogens with zero attached hydrogens (tertiary/aromatic N) is 2. The molecular weight excluding hydrogens is 286 g/mol. The Morgan fingerprint density at radius 3 is 2.90 bits per heavy atom. The monoisotopic (exact) mass is 311 g/mol. The van der Waals surface area contributed by atoms with E-state index in [0.717, 1.165) is 5.69 Å². The molecule has 118 valence electrons. The van der Waals surface area contributed by atoms with Crippen molar-refractivity contribution in [2.24, 2.45) is 5.92 Å². The number of aromatic nitrogens is 1. The van der Waals surface area contributed by atoms with Crippen molar-refractivity contribution < 1.29 is 9.53 Å². The number of ether oxygens (including phenoxy) is 1. The van der Waals surface area contributed by atoms with Crippen molar-refractivity contribution in [3.8, 4) is 0 Å². The van der Waals surface area contributed by atoms with Crippen molar-refractivity contribution in [2.75, 3.05) is 19.5 Å². The third-order valence-corrected chi connectivity index (χ3v) is 5.13. The molecule has 1 atom stereocenters. The van der Waals surface area contributed by atoms with E-state index in [1.54, 1.807) is 7.11 Å². The second kappa shape index (κ2) is 7.75. The van der Waals surface area contributed by atoms with Crippen molar-refractivity contribution in [3.05, 3.63) is 11.1 Å². The molecule has 2 amide bonds. The average Bonchev–Trinajstić information content (AvgIpc) is 2.94. The molecule has 6 heteroatoms. The highest BCUT2D eigenvalue weighted by atomic mass is 32.1. The van der Waals surface area contributed by atoms with Crippen LogP contribution < -0.4 is 5.32 Å². The fourth-order valence-corrected chi connectivity index (χ4v) is 3.56. The van der Waals surface area contributed by atoms with Crippen LogP contribution in [0.15, 0.2) is 5.38 Å². The third-order valence-electron chi connectivity index (χ3n) is 4.32. The summed E-state index contributed by atoms with van der Waals surface area (Å²) in [5, 5.41) is 5.42. The van der Waals surface area contributed by atoms with Gasteiger partial charge in [0.15, 0.2) is 5.13 Å². The Morgan fingerprint density at radius 2 is 2.24 bits per heavy atom. The topological polar surface area (TPSA) is 54.5 Å². The van der Waals surface area contributed by atoms with Gasteiger partial charge in [0.25, 0.3) is 0 Å². The van der Waals surface area contributed by atoms with E-state index >= 15 is 0 Å². The largest absolute Gasteiger partial charge is 0.378 e. The van der Waals surface area contributed by atoms with Crippen molar-refractivity contribution in [3.63, 3.8) is 0 Å². The SMILES string of the molecule is COCc1csc(NC(=O)N(C)[C@H](C)C2CCCCC2)n1. The van der Waals surface area contributed by atoms with E-state index in [0.29, 0.717) is 17.7 Å². The Bertz CT molecular complexity index is 458. The van der Waals surface area contributed by atoms with Gasteiger partial charge in [0.2, 0.25) is 0 Å². The van der Waals surface area contributed by atoms with E-state index in [1.165, 1.54) is 43.4 Å². The van der Waals surface area contributed by atoms with E-state index in [-0.39, 0.29) is 12.1 Å². The smallest absolute Gasteiger partial charge is 0.323 e. The standard InChI is InChI=1S/C15H25N3O2S/c1-11(12-7-5-4-6-8-12)18(2)15(19)17-14-16-13(9-20-3)10-21-14/h10-12H,4-9H2,1-3H3,(H,16,17,19)/t11-/m1/s1. The molecule has 5 nitrogen and oxygen atoms in total. The maximum absolute atomic E-state index is 12.3. The quantitative estimate of drug-likeness (QED) is 0.901. The summed E-state index contributed by atoms with van der Waals surface area (Å²) in [6.07, 6.45) is 6.37. The second-order valence-electron chi connectivity index (χ2n) is 5.76. The van der Waals surface area contributed by atoms with Crippen LogP contribution in [-0.2, 0) is 11.3 Å². The van der Waals surface area contributed by atoms with E-state index in [9.17, 15) is 4.79 Å². The van der Waals surface area contributed by atoms with Gasteiger partial charge in [0, 0.05) is 25.6 Å². The maximum atomic E-state index is 12.3. The summed E-state index contributed by atoms with van der Waals surface area (Å²) >= 11 is 1.43. The molecule has 1 saturated carbocycles. The van der Waals surface area contributed by atoms with Gasteiger partial charge in [-0.15, -0.1) is 11.3 Å². The number of thiazole rings is 1. The van der Waals surface area contributed by atoms with Crippen LogP contribution in [0, 0.1) is 5.92 Å². The minimum atomic E-state index is -0.0774. The number of amides is 2. The normalized spacial score (nSPS) is 17.5. The molecule has 1 aliphatic rings. The Morgan fingerprint density at radius 1 is 1.52 bits per heavy atom. The Kier molecular flexibility index (Phi) is 5.99. The predicted octanol–water partition coefficient (Wildman–Crippen LogP) is 3.72. The number of rotatable bonds is 5. The summed E-state index contributed by atoms with van der Waals surface area (Å²) < 4.78 is 5.03. The molecule has 0 unspecified atom stereocenters. The molecule has 1 fully saturated rings. The van der Waals surface area contributed by atoms with Gasteiger partial charge < -0.3 is 9.64 Å². The Labute approximate surface area is 130 Å². The van der Waals surface area contributed by atoms with Gasteiger partial charge >= 0.3 is 6.03 Å². The molecule has 1 aliphatic carbocycles. The van der Waals surface area contributed by atoms with Crippen LogP contribution >= 0.6 is 11.3 Å². The lowest BCUT2D eigenvalue weighted by Crippen LogP contribution is -2.42. The molecule has 2 rings (SSSR count). The number of hydrogen-bond acceptors (Lipinski definition) is 4. The number of anilines is 1. The zero-order valence-corrected chi connectivity index (χ0v) is 13.9. The predicted molar refractivity (Wildman–Crippen MR) is 85.6 cm³/mol. The average molecular weight is 311 g/mol. The highest BCUT2D eigenvalue weighted by molar-refractivity contribution is 7.13. The van der Waals surface area contributed by atoms with Crippen molar-refractivity contribution in [1.29, 1.82) is 0 Å². The first-order valence-corrected chi connectivity index (χ1v) is 8.47. The number of nitrogens with one attached hydrogen (secondary N) is 1. The summed E-state index contributed by atoms with van der Waals surface area (Å²) in [5.41, 5.74) is 0.848. The van der Waals surface area contributed by atoms with Crippen LogP contribution in [0.1, 0.15) is 44.7 Å². The van der Waals surface area contributed by atoms with Crippen LogP contribution in [0.5, 0.6) is 0 Å². The summed E-state index contributed by atoms with van der Waals surface area (Å²) in [4.78, 5) is 18.5. The van der Waals surface area contributed by atoms with Gasteiger partial charge in [-0.25, -0.2) is 9.78 Å². The lowest BCUT2D eigenvalue weighted by atomic mass is 9.84. The lowest BCUT2D eigenvalue weighted by molar-refractivity contribution is 0.167. The molecule has 0 aliphatic heterocycles.